The van der Waals surface area contributed by atoms with E-state index in [4.69, 9.17) is 60.8 Å². The number of amides is 1. The zero-order valence-corrected chi connectivity index (χ0v) is 43.4. The van der Waals surface area contributed by atoms with Crippen molar-refractivity contribution in [2.75, 3.05) is 45.8 Å². The Kier molecular flexibility index (Phi) is 21.2. The average Bonchev–Trinajstić information content (AvgIpc) is 3.84. The molecule has 2 heterocycles. The summed E-state index contributed by atoms with van der Waals surface area (Å²) in [4.78, 5) is 105. The van der Waals surface area contributed by atoms with Crippen LogP contribution in [-0.4, -0.2) is 126 Å². The predicted molar refractivity (Wildman–Crippen MR) is 264 cm³/mol. The van der Waals surface area contributed by atoms with Crippen LogP contribution in [0, 0.1) is 11.8 Å². The Hall–Kier alpha value is -7.43. The lowest BCUT2D eigenvalue weighted by atomic mass is 9.89. The topological polar surface area (TPSA) is 270 Å². The lowest BCUT2D eigenvalue weighted by Crippen LogP contribution is -2.36. The quantitative estimate of drug-likeness (QED) is 0.0211. The minimum absolute atomic E-state index is 0.0266. The van der Waals surface area contributed by atoms with Gasteiger partial charge in [-0.25, -0.2) is 32.4 Å². The van der Waals surface area contributed by atoms with Crippen LogP contribution in [0.1, 0.15) is 64.6 Å². The lowest BCUT2D eigenvalue weighted by molar-refractivity contribution is -0.173. The number of Topliss-reactive ketones (excluding diaryl/α,β-unsaturated/α-hetero) is 1. The van der Waals surface area contributed by atoms with Gasteiger partial charge in [0.1, 0.15) is 38.6 Å². The van der Waals surface area contributed by atoms with Gasteiger partial charge in [-0.05, 0) is 79.8 Å². The van der Waals surface area contributed by atoms with E-state index in [0.29, 0.717) is 27.8 Å². The number of ketones is 1. The lowest BCUT2D eigenvalue weighted by Gasteiger charge is -2.30. The van der Waals surface area contributed by atoms with Gasteiger partial charge in [-0.2, -0.15) is 0 Å². The van der Waals surface area contributed by atoms with Gasteiger partial charge in [-0.1, -0.05) is 66.7 Å². The highest BCUT2D eigenvalue weighted by Crippen LogP contribution is 2.37. The zero-order chi connectivity index (χ0) is 55.0. The molecule has 0 saturated heterocycles. The molecule has 1 amide bonds. The van der Waals surface area contributed by atoms with E-state index in [1.54, 1.807) is 29.2 Å². The van der Waals surface area contributed by atoms with Crippen molar-refractivity contribution in [2.45, 2.75) is 70.0 Å². The summed E-state index contributed by atoms with van der Waals surface area (Å²) in [6, 6.07) is 14.1. The number of carbonyl (C=O) groups excluding carboxylic acids is 8. The van der Waals surface area contributed by atoms with Gasteiger partial charge in [0, 0.05) is 43.6 Å². The van der Waals surface area contributed by atoms with E-state index in [2.05, 4.69) is 22.6 Å². The number of ether oxygens (including phenoxy) is 9. The molecule has 21 nitrogen and oxygen atoms in total. The van der Waals surface area contributed by atoms with Crippen LogP contribution in [0.4, 0.5) is 14.4 Å². The van der Waals surface area contributed by atoms with Crippen molar-refractivity contribution in [2.24, 2.45) is 11.8 Å². The molecule has 4 atom stereocenters. The molecule has 0 saturated carbocycles. The van der Waals surface area contributed by atoms with Crippen LogP contribution in [0.3, 0.4) is 0 Å². The van der Waals surface area contributed by atoms with Gasteiger partial charge in [0.15, 0.2) is 27.8 Å². The highest BCUT2D eigenvalue weighted by molar-refractivity contribution is 7.90. The number of halogens is 2. The minimum atomic E-state index is -3.70. The van der Waals surface area contributed by atoms with E-state index in [-0.39, 0.29) is 65.6 Å². The third-order valence-corrected chi connectivity index (χ3v) is 12.8. The second-order valence-corrected chi connectivity index (χ2v) is 19.6. The monoisotopic (exact) mass is 1100 g/mol. The molecule has 0 radical (unpaired) electrons. The first-order chi connectivity index (χ1) is 35.6. The molecule has 5 rings (SSSR count). The van der Waals surface area contributed by atoms with Crippen molar-refractivity contribution >= 4 is 92.1 Å². The zero-order valence-electron chi connectivity index (χ0n) is 41.1. The third kappa shape index (κ3) is 17.1. The number of furan rings is 1. The second-order valence-electron chi connectivity index (χ2n) is 16.8. The van der Waals surface area contributed by atoms with Crippen molar-refractivity contribution in [1.29, 1.82) is 0 Å². The maximum atomic E-state index is 14.2. The normalized spacial score (nSPS) is 13.7. The first-order valence-corrected chi connectivity index (χ1v) is 25.6. The Balaban J connectivity index is 1.26. The molecule has 3 aromatic carbocycles. The number of fused-ring (bicyclic) bond motifs is 2. The summed E-state index contributed by atoms with van der Waals surface area (Å²) in [6.45, 7) is 8.42. The number of carbonyl (C=O) groups is 8. The van der Waals surface area contributed by atoms with Gasteiger partial charge >= 0.3 is 36.4 Å². The number of sulfone groups is 1. The largest absolute Gasteiger partial charge is 0.511 e. The summed E-state index contributed by atoms with van der Waals surface area (Å²) in [5, 5.41) is 0.811. The molecular weight excluding hydrogens is 1050 g/mol. The SMILES string of the molecule is C=CCOC(=O)O[C@H](C)C(=O)OCC(COC(=O)OC(C)OC(=O)[C@@H](CC(=O)c1c(Cl)cc2c(c1Cl)CCN(C(=O)c1ccc3ccoc3c1)C2)Cc1cccc(S(C)(=O)=O)c1)COC(=O)[C@@H](C)OC(=O)OCC=C. The highest BCUT2D eigenvalue weighted by atomic mass is 35.5. The molecule has 0 N–H and O–H groups in total. The number of esters is 3. The van der Waals surface area contributed by atoms with Gasteiger partial charge in [-0.3, -0.25) is 14.4 Å². The van der Waals surface area contributed by atoms with E-state index < -0.39 is 109 Å². The molecule has 402 valence electrons. The molecule has 24 heteroatoms. The molecule has 1 aliphatic heterocycles. The van der Waals surface area contributed by atoms with Crippen molar-refractivity contribution in [3.63, 3.8) is 0 Å². The smallest absolute Gasteiger partial charge is 0.464 e. The first kappa shape index (κ1) is 58.5. The summed E-state index contributed by atoms with van der Waals surface area (Å²) >= 11 is 13.6. The second kappa shape index (κ2) is 27.2. The molecule has 0 spiro atoms. The molecule has 0 aliphatic carbocycles. The molecule has 4 aromatic rings. The predicted octanol–water partition coefficient (Wildman–Crippen LogP) is 7.97. The fourth-order valence-corrected chi connectivity index (χ4v) is 8.72. The molecule has 1 aromatic heterocycles. The van der Waals surface area contributed by atoms with Crippen molar-refractivity contribution < 1.29 is 93.8 Å². The van der Waals surface area contributed by atoms with Crippen LogP contribution >= 0.6 is 23.2 Å². The number of hydrogen-bond donors (Lipinski definition) is 0. The number of nitrogens with zero attached hydrogens (tertiary/aromatic N) is 1. The Morgan fingerprint density at radius 3 is 1.97 bits per heavy atom. The summed E-state index contributed by atoms with van der Waals surface area (Å²) in [5.41, 5.74) is 2.37. The molecule has 0 fully saturated rings. The Bertz CT molecular complexity index is 2870. The van der Waals surface area contributed by atoms with Crippen LogP contribution in [0.2, 0.25) is 10.0 Å². The van der Waals surface area contributed by atoms with E-state index in [1.165, 1.54) is 62.6 Å². The van der Waals surface area contributed by atoms with Crippen molar-refractivity contribution in [3.8, 4) is 0 Å². The van der Waals surface area contributed by atoms with Gasteiger partial charge in [-0.15, -0.1) is 0 Å². The standard InChI is InChI=1S/C51H53Cl2NO20S/c1-7-17-66-49(60)71-29(3)46(57)68-26-33(27-69-47(58)30(4)72-50(61)67-18-8-2)28-70-51(62)74-31(5)73-48(59)36(20-32-10-9-11-38(21-32)75(6,63)64)23-41(55)43-40(52)22-37-25-54(16-14-39(37)44(43)53)45(56)35-13-12-34-15-19-65-42(34)24-35/h7-13,15,19,21-22,24,29-31,33,36H,1-2,14,16-18,20,23,25-28H2,3-6H3/t29-,30-,31?,36-/m1/s1. The number of rotatable bonds is 24. The minimum Gasteiger partial charge on any atom is -0.464 e. The number of hydrogen-bond acceptors (Lipinski definition) is 20. The summed E-state index contributed by atoms with van der Waals surface area (Å²) in [6.07, 6.45) is -3.95. The van der Waals surface area contributed by atoms with Crippen LogP contribution in [0.25, 0.3) is 11.0 Å². The van der Waals surface area contributed by atoms with Crippen molar-refractivity contribution in [1.82, 2.24) is 4.90 Å². The van der Waals surface area contributed by atoms with Crippen LogP contribution < -0.4 is 0 Å². The van der Waals surface area contributed by atoms with E-state index in [0.717, 1.165) is 18.6 Å². The Morgan fingerprint density at radius 2 is 1.36 bits per heavy atom. The Morgan fingerprint density at radius 1 is 0.747 bits per heavy atom. The highest BCUT2D eigenvalue weighted by Gasteiger charge is 2.33. The summed E-state index contributed by atoms with van der Waals surface area (Å²) in [7, 11) is -3.70. The van der Waals surface area contributed by atoms with Gasteiger partial charge in [0.05, 0.1) is 38.6 Å². The average molecular weight is 1100 g/mol. The molecule has 1 aliphatic rings. The molecule has 0 bridgehead atoms. The Labute approximate surface area is 440 Å². The van der Waals surface area contributed by atoms with E-state index in [1.807, 2.05) is 0 Å². The van der Waals surface area contributed by atoms with Crippen LogP contribution in [0.5, 0.6) is 0 Å². The maximum Gasteiger partial charge on any atom is 0.511 e. The van der Waals surface area contributed by atoms with Gasteiger partial charge in [0.25, 0.3) is 5.91 Å². The van der Waals surface area contributed by atoms with E-state index >= 15 is 0 Å². The van der Waals surface area contributed by atoms with Crippen LogP contribution in [0.15, 0.2) is 95.5 Å². The van der Waals surface area contributed by atoms with Gasteiger partial charge < -0.3 is 51.9 Å². The fraction of sp³-hybridized carbons (Fsp3) is 0.373. The number of benzene rings is 3. The molecule has 1 unspecified atom stereocenters. The fourth-order valence-electron chi connectivity index (χ4n) is 7.23. The molecular formula is C51H53Cl2NO20S. The summed E-state index contributed by atoms with van der Waals surface area (Å²) < 4.78 is 75.5. The maximum absolute atomic E-state index is 14.2. The van der Waals surface area contributed by atoms with Gasteiger partial charge in [0.2, 0.25) is 6.29 Å². The van der Waals surface area contributed by atoms with E-state index in [9.17, 15) is 46.8 Å². The van der Waals surface area contributed by atoms with Crippen molar-refractivity contribution in [3.05, 3.63) is 124 Å². The molecule has 75 heavy (non-hydrogen) atoms. The third-order valence-electron chi connectivity index (χ3n) is 11.0. The van der Waals surface area contributed by atoms with Crippen LogP contribution in [-0.2, 0) is 86.2 Å². The summed E-state index contributed by atoms with van der Waals surface area (Å²) in [5.74, 6) is -6.62. The first-order valence-electron chi connectivity index (χ1n) is 22.9.